The number of hydrogen-bond acceptors (Lipinski definition) is 7. The van der Waals surface area contributed by atoms with Crippen molar-refractivity contribution in [2.45, 2.75) is 24.2 Å². The van der Waals surface area contributed by atoms with Gasteiger partial charge in [0.1, 0.15) is 16.4 Å². The molecular weight excluding hydrogens is 382 g/mol. The van der Waals surface area contributed by atoms with Gasteiger partial charge in [-0.1, -0.05) is 18.6 Å². The molecule has 1 aromatic carbocycles. The highest BCUT2D eigenvalue weighted by atomic mass is 32.2. The van der Waals surface area contributed by atoms with Crippen LogP contribution in [0.15, 0.2) is 47.5 Å². The monoisotopic (exact) mass is 405 g/mol. The zero-order valence-corrected chi connectivity index (χ0v) is 16.2. The van der Waals surface area contributed by atoms with E-state index in [9.17, 15) is 18.5 Å². The first-order chi connectivity index (χ1) is 13.5. The predicted octanol–water partition coefficient (Wildman–Crippen LogP) is 2.69. The standard InChI is InChI=1S/C18H23N5O4S/c24-23(25)17-7-3-2-6-16(17)19-10-11-20-18-9-8-15(14-21-18)28(26,27)22-12-4-1-5-13-22/h2-3,6-9,14,19H,1,4-5,10-13H2,(H,20,21). The average molecular weight is 405 g/mol. The number of pyridine rings is 1. The molecular formula is C18H23N5O4S. The summed E-state index contributed by atoms with van der Waals surface area (Å²) in [5.74, 6) is 0.543. The summed E-state index contributed by atoms with van der Waals surface area (Å²) in [4.78, 5) is 14.9. The Morgan fingerprint density at radius 1 is 1.04 bits per heavy atom. The normalized spacial score (nSPS) is 15.1. The van der Waals surface area contributed by atoms with E-state index in [1.807, 2.05) is 0 Å². The molecule has 0 aliphatic carbocycles. The molecule has 0 unspecified atom stereocenters. The maximum absolute atomic E-state index is 12.6. The molecule has 2 aromatic rings. The highest BCUT2D eigenvalue weighted by Crippen LogP contribution is 2.23. The molecule has 1 aliphatic heterocycles. The average Bonchev–Trinajstić information content (AvgIpc) is 2.72. The lowest BCUT2D eigenvalue weighted by Crippen LogP contribution is -2.35. The van der Waals surface area contributed by atoms with Gasteiger partial charge >= 0.3 is 0 Å². The molecule has 0 radical (unpaired) electrons. The number of sulfonamides is 1. The second-order valence-electron chi connectivity index (χ2n) is 6.47. The van der Waals surface area contributed by atoms with Crippen LogP contribution in [0.25, 0.3) is 0 Å². The van der Waals surface area contributed by atoms with E-state index in [0.717, 1.165) is 19.3 Å². The summed E-state index contributed by atoms with van der Waals surface area (Å²) in [6.07, 6.45) is 4.20. The predicted molar refractivity (Wildman–Crippen MR) is 107 cm³/mol. The molecule has 1 aliphatic rings. The molecule has 0 bridgehead atoms. The number of anilines is 2. The van der Waals surface area contributed by atoms with E-state index in [-0.39, 0.29) is 10.6 Å². The number of para-hydroxylation sites is 2. The molecule has 1 fully saturated rings. The third kappa shape index (κ3) is 4.76. The van der Waals surface area contributed by atoms with E-state index in [4.69, 9.17) is 0 Å². The van der Waals surface area contributed by atoms with Crippen molar-refractivity contribution < 1.29 is 13.3 Å². The maximum atomic E-state index is 12.6. The highest BCUT2D eigenvalue weighted by molar-refractivity contribution is 7.89. The molecule has 9 nitrogen and oxygen atoms in total. The molecule has 150 valence electrons. The van der Waals surface area contributed by atoms with E-state index in [1.54, 1.807) is 30.3 Å². The van der Waals surface area contributed by atoms with Crippen molar-refractivity contribution in [1.82, 2.24) is 9.29 Å². The van der Waals surface area contributed by atoms with Gasteiger partial charge in [-0.3, -0.25) is 10.1 Å². The molecule has 28 heavy (non-hydrogen) atoms. The molecule has 10 heteroatoms. The van der Waals surface area contributed by atoms with Gasteiger partial charge in [0.25, 0.3) is 5.69 Å². The van der Waals surface area contributed by atoms with E-state index < -0.39 is 14.9 Å². The molecule has 3 rings (SSSR count). The summed E-state index contributed by atoms with van der Waals surface area (Å²) < 4.78 is 26.7. The fourth-order valence-electron chi connectivity index (χ4n) is 3.06. The molecule has 2 heterocycles. The summed E-state index contributed by atoms with van der Waals surface area (Å²) in [5.41, 5.74) is 0.470. The smallest absolute Gasteiger partial charge is 0.292 e. The van der Waals surface area contributed by atoms with Gasteiger partial charge in [-0.05, 0) is 31.0 Å². The van der Waals surface area contributed by atoms with Crippen LogP contribution in [0.5, 0.6) is 0 Å². The summed E-state index contributed by atoms with van der Waals surface area (Å²) in [7, 11) is -3.49. The first-order valence-electron chi connectivity index (χ1n) is 9.16. The van der Waals surface area contributed by atoms with Crippen LogP contribution >= 0.6 is 0 Å². The topological polar surface area (TPSA) is 117 Å². The lowest BCUT2D eigenvalue weighted by molar-refractivity contribution is -0.384. The van der Waals surface area contributed by atoms with Crippen molar-refractivity contribution >= 4 is 27.2 Å². The third-order valence-electron chi connectivity index (χ3n) is 4.54. The van der Waals surface area contributed by atoms with E-state index in [1.165, 1.54) is 16.6 Å². The summed E-state index contributed by atoms with van der Waals surface area (Å²) in [5, 5.41) is 17.1. The van der Waals surface area contributed by atoms with E-state index in [0.29, 0.717) is 37.7 Å². The first kappa shape index (κ1) is 20.0. The van der Waals surface area contributed by atoms with Crippen LogP contribution in [0.4, 0.5) is 17.2 Å². The Morgan fingerprint density at radius 2 is 1.75 bits per heavy atom. The van der Waals surface area contributed by atoms with Gasteiger partial charge < -0.3 is 10.6 Å². The Labute approximate surface area is 164 Å². The van der Waals surface area contributed by atoms with Crippen molar-refractivity contribution in [3.05, 3.63) is 52.7 Å². The van der Waals surface area contributed by atoms with Crippen LogP contribution in [0.2, 0.25) is 0 Å². The molecule has 0 spiro atoms. The van der Waals surface area contributed by atoms with Gasteiger partial charge in [0, 0.05) is 38.4 Å². The van der Waals surface area contributed by atoms with Gasteiger partial charge in [0.2, 0.25) is 10.0 Å². The minimum Gasteiger partial charge on any atom is -0.378 e. The Morgan fingerprint density at radius 3 is 2.43 bits per heavy atom. The van der Waals surface area contributed by atoms with Crippen LogP contribution in [0.3, 0.4) is 0 Å². The largest absolute Gasteiger partial charge is 0.378 e. The van der Waals surface area contributed by atoms with Gasteiger partial charge in [-0.15, -0.1) is 0 Å². The number of benzene rings is 1. The molecule has 2 N–H and O–H groups in total. The zero-order valence-electron chi connectivity index (χ0n) is 15.4. The number of hydrogen-bond donors (Lipinski definition) is 2. The Balaban J connectivity index is 1.53. The number of nitro benzene ring substituents is 1. The minimum absolute atomic E-state index is 0.0212. The Kier molecular flexibility index (Phi) is 6.42. The zero-order chi connectivity index (χ0) is 20.0. The number of aromatic nitrogens is 1. The number of nitrogens with zero attached hydrogens (tertiary/aromatic N) is 3. The summed E-state index contributed by atoms with van der Waals surface area (Å²) in [6.45, 7) is 2.02. The van der Waals surface area contributed by atoms with Crippen molar-refractivity contribution in [3.63, 3.8) is 0 Å². The number of nitrogens with one attached hydrogen (secondary N) is 2. The Hall–Kier alpha value is -2.72. The number of nitro groups is 1. The van der Waals surface area contributed by atoms with Gasteiger partial charge in [-0.2, -0.15) is 4.31 Å². The van der Waals surface area contributed by atoms with Crippen LogP contribution in [0.1, 0.15) is 19.3 Å². The van der Waals surface area contributed by atoms with Gasteiger partial charge in [-0.25, -0.2) is 13.4 Å². The van der Waals surface area contributed by atoms with Crippen LogP contribution in [-0.2, 0) is 10.0 Å². The van der Waals surface area contributed by atoms with Crippen LogP contribution in [-0.4, -0.2) is 48.8 Å². The number of piperidine rings is 1. The van der Waals surface area contributed by atoms with Crippen molar-refractivity contribution in [3.8, 4) is 0 Å². The summed E-state index contributed by atoms with van der Waals surface area (Å²) in [6, 6.07) is 9.61. The van der Waals surface area contributed by atoms with Crippen LogP contribution in [0, 0.1) is 10.1 Å². The van der Waals surface area contributed by atoms with Gasteiger partial charge in [0.05, 0.1) is 4.92 Å². The molecule has 0 saturated carbocycles. The second kappa shape index (κ2) is 8.98. The first-order valence-corrected chi connectivity index (χ1v) is 10.6. The van der Waals surface area contributed by atoms with Crippen LogP contribution < -0.4 is 10.6 Å². The molecule has 1 saturated heterocycles. The fraction of sp³-hybridized carbons (Fsp3) is 0.389. The van der Waals surface area contributed by atoms with Crippen molar-refractivity contribution in [2.75, 3.05) is 36.8 Å². The van der Waals surface area contributed by atoms with Crippen molar-refractivity contribution in [2.24, 2.45) is 0 Å². The lowest BCUT2D eigenvalue weighted by atomic mass is 10.2. The second-order valence-corrected chi connectivity index (χ2v) is 8.41. The molecule has 0 amide bonds. The van der Waals surface area contributed by atoms with Gasteiger partial charge in [0.15, 0.2) is 0 Å². The Bertz CT molecular complexity index is 912. The quantitative estimate of drug-likeness (QED) is 0.394. The third-order valence-corrected chi connectivity index (χ3v) is 6.42. The fourth-order valence-corrected chi connectivity index (χ4v) is 4.52. The maximum Gasteiger partial charge on any atom is 0.292 e. The lowest BCUT2D eigenvalue weighted by Gasteiger charge is -2.25. The van der Waals surface area contributed by atoms with Crippen molar-refractivity contribution in [1.29, 1.82) is 0 Å². The van der Waals surface area contributed by atoms with E-state index >= 15 is 0 Å². The SMILES string of the molecule is O=[N+]([O-])c1ccccc1NCCNc1ccc(S(=O)(=O)N2CCCCC2)cn1. The summed E-state index contributed by atoms with van der Waals surface area (Å²) >= 11 is 0. The van der Waals surface area contributed by atoms with E-state index in [2.05, 4.69) is 15.6 Å². The molecule has 0 atom stereocenters. The highest BCUT2D eigenvalue weighted by Gasteiger charge is 2.26. The minimum atomic E-state index is -3.49. The molecule has 1 aromatic heterocycles. The number of rotatable bonds is 8.